The average molecular weight is 270 g/mol. The second kappa shape index (κ2) is 5.45. The van der Waals surface area contributed by atoms with E-state index in [-0.39, 0.29) is 0 Å². The van der Waals surface area contributed by atoms with E-state index in [9.17, 15) is 0 Å². The summed E-state index contributed by atoms with van der Waals surface area (Å²) < 4.78 is 0. The Kier molecular flexibility index (Phi) is 3.94. The zero-order valence-electron chi connectivity index (χ0n) is 8.77. The number of rotatable bonds is 2. The van der Waals surface area contributed by atoms with Crippen LogP contribution in [0, 0.1) is 0 Å². The fourth-order valence-electron chi connectivity index (χ4n) is 2.09. The summed E-state index contributed by atoms with van der Waals surface area (Å²) in [5.74, 6) is 1.02. The Bertz CT molecular complexity index is 291. The van der Waals surface area contributed by atoms with Crippen LogP contribution in [-0.4, -0.2) is 28.1 Å². The monoisotopic (exact) mass is 269 g/mol. The number of hydrogen-bond acceptors (Lipinski definition) is 3. The zero-order chi connectivity index (χ0) is 10.5. The molecule has 15 heavy (non-hydrogen) atoms. The molecule has 1 aromatic rings. The molecule has 1 aliphatic rings. The summed E-state index contributed by atoms with van der Waals surface area (Å²) >= 11 is 3.59. The molecule has 1 saturated heterocycles. The molecule has 1 aromatic heterocycles. The summed E-state index contributed by atoms with van der Waals surface area (Å²) in [6, 6.07) is 4.58. The van der Waals surface area contributed by atoms with Gasteiger partial charge < -0.3 is 4.90 Å². The summed E-state index contributed by atoms with van der Waals surface area (Å²) in [6.07, 6.45) is 6.90. The highest BCUT2D eigenvalue weighted by Gasteiger charge is 2.20. The molecule has 0 saturated carbocycles. The Morgan fingerprint density at radius 3 is 3.07 bits per heavy atom. The van der Waals surface area contributed by atoms with E-state index in [0.29, 0.717) is 6.04 Å². The molecule has 0 bridgehead atoms. The summed E-state index contributed by atoms with van der Waals surface area (Å²) in [6.45, 7) is 1.11. The number of halogens is 1. The van der Waals surface area contributed by atoms with E-state index in [1.54, 1.807) is 6.20 Å². The molecule has 0 amide bonds. The van der Waals surface area contributed by atoms with Gasteiger partial charge in [0.15, 0.2) is 5.82 Å². The van der Waals surface area contributed by atoms with Crippen molar-refractivity contribution in [3.05, 3.63) is 18.3 Å². The Morgan fingerprint density at radius 2 is 2.33 bits per heavy atom. The van der Waals surface area contributed by atoms with Crippen molar-refractivity contribution in [2.45, 2.75) is 31.7 Å². The SMILES string of the molecule is BrCC1CCCCCN1c1cccnn1. The van der Waals surface area contributed by atoms with Crippen LogP contribution in [0.1, 0.15) is 25.7 Å². The lowest BCUT2D eigenvalue weighted by atomic mass is 10.1. The minimum absolute atomic E-state index is 0.573. The van der Waals surface area contributed by atoms with E-state index in [2.05, 4.69) is 31.0 Å². The second-order valence-corrected chi connectivity index (χ2v) is 4.58. The van der Waals surface area contributed by atoms with Crippen molar-refractivity contribution < 1.29 is 0 Å². The van der Waals surface area contributed by atoms with Crippen molar-refractivity contribution >= 4 is 21.7 Å². The maximum absolute atomic E-state index is 4.20. The summed E-state index contributed by atoms with van der Waals surface area (Å²) in [5.41, 5.74) is 0. The minimum Gasteiger partial charge on any atom is -0.351 e. The zero-order valence-corrected chi connectivity index (χ0v) is 10.4. The predicted octanol–water partition coefficient (Wildman–Crippen LogP) is 2.62. The molecule has 3 nitrogen and oxygen atoms in total. The minimum atomic E-state index is 0.573. The molecule has 4 heteroatoms. The van der Waals surface area contributed by atoms with E-state index in [0.717, 1.165) is 17.7 Å². The van der Waals surface area contributed by atoms with Crippen molar-refractivity contribution in [1.29, 1.82) is 0 Å². The van der Waals surface area contributed by atoms with E-state index in [4.69, 9.17) is 0 Å². The first-order valence-electron chi connectivity index (χ1n) is 5.52. The number of hydrogen-bond donors (Lipinski definition) is 0. The van der Waals surface area contributed by atoms with Crippen LogP contribution in [0.5, 0.6) is 0 Å². The highest BCUT2D eigenvalue weighted by Crippen LogP contribution is 2.22. The van der Waals surface area contributed by atoms with Gasteiger partial charge in [-0.3, -0.25) is 0 Å². The van der Waals surface area contributed by atoms with E-state index < -0.39 is 0 Å². The lowest BCUT2D eigenvalue weighted by Gasteiger charge is -2.29. The van der Waals surface area contributed by atoms with Crippen LogP contribution >= 0.6 is 15.9 Å². The second-order valence-electron chi connectivity index (χ2n) is 3.93. The third-order valence-corrected chi connectivity index (χ3v) is 3.66. The molecular weight excluding hydrogens is 254 g/mol. The van der Waals surface area contributed by atoms with Crippen molar-refractivity contribution in [3.63, 3.8) is 0 Å². The molecule has 0 aliphatic carbocycles. The van der Waals surface area contributed by atoms with Crippen molar-refractivity contribution in [2.24, 2.45) is 0 Å². The molecule has 82 valence electrons. The van der Waals surface area contributed by atoms with Crippen molar-refractivity contribution in [3.8, 4) is 0 Å². The number of nitrogens with zero attached hydrogens (tertiary/aromatic N) is 3. The molecule has 1 aliphatic heterocycles. The molecule has 0 spiro atoms. The molecule has 1 unspecified atom stereocenters. The highest BCUT2D eigenvalue weighted by molar-refractivity contribution is 9.09. The van der Waals surface area contributed by atoms with E-state index >= 15 is 0 Å². The number of anilines is 1. The van der Waals surface area contributed by atoms with Crippen LogP contribution in [0.3, 0.4) is 0 Å². The highest BCUT2D eigenvalue weighted by atomic mass is 79.9. The van der Waals surface area contributed by atoms with Gasteiger partial charge in [0.25, 0.3) is 0 Å². The van der Waals surface area contributed by atoms with E-state index in [1.807, 2.05) is 12.1 Å². The maximum atomic E-state index is 4.20. The quantitative estimate of drug-likeness (QED) is 0.773. The lowest BCUT2D eigenvalue weighted by Crippen LogP contribution is -2.36. The standard InChI is InChI=1S/C11H16BrN3/c12-9-10-5-2-1-3-8-15(10)11-6-4-7-13-14-11/h4,6-7,10H,1-3,5,8-9H2. The van der Waals surface area contributed by atoms with Gasteiger partial charge in [0, 0.05) is 24.1 Å². The van der Waals surface area contributed by atoms with Gasteiger partial charge >= 0.3 is 0 Å². The first-order chi connectivity index (χ1) is 7.42. The Morgan fingerprint density at radius 1 is 1.40 bits per heavy atom. The van der Waals surface area contributed by atoms with Gasteiger partial charge in [0.05, 0.1) is 0 Å². The number of aromatic nitrogens is 2. The van der Waals surface area contributed by atoms with Gasteiger partial charge in [-0.1, -0.05) is 28.8 Å². The summed E-state index contributed by atoms with van der Waals surface area (Å²) in [4.78, 5) is 2.38. The van der Waals surface area contributed by atoms with Crippen LogP contribution < -0.4 is 4.90 Å². The summed E-state index contributed by atoms with van der Waals surface area (Å²) in [5, 5.41) is 9.17. The maximum Gasteiger partial charge on any atom is 0.151 e. The fraction of sp³-hybridized carbons (Fsp3) is 0.636. The Hall–Kier alpha value is -0.640. The first kappa shape index (κ1) is 10.9. The van der Waals surface area contributed by atoms with Gasteiger partial charge in [-0.15, -0.1) is 5.10 Å². The van der Waals surface area contributed by atoms with Gasteiger partial charge in [-0.05, 0) is 25.0 Å². The van der Waals surface area contributed by atoms with E-state index in [1.165, 1.54) is 25.7 Å². The molecule has 1 atom stereocenters. The largest absolute Gasteiger partial charge is 0.351 e. The molecule has 0 aromatic carbocycles. The molecule has 0 N–H and O–H groups in total. The van der Waals surface area contributed by atoms with Gasteiger partial charge in [0.1, 0.15) is 0 Å². The third-order valence-electron chi connectivity index (χ3n) is 2.91. The van der Waals surface area contributed by atoms with Crippen LogP contribution in [0.15, 0.2) is 18.3 Å². The van der Waals surface area contributed by atoms with Gasteiger partial charge in [-0.2, -0.15) is 5.10 Å². The van der Waals surface area contributed by atoms with Crippen LogP contribution in [0.25, 0.3) is 0 Å². The Labute approximate surface area is 99.0 Å². The topological polar surface area (TPSA) is 29.0 Å². The summed E-state index contributed by atoms with van der Waals surface area (Å²) in [7, 11) is 0. The van der Waals surface area contributed by atoms with Crippen molar-refractivity contribution in [1.82, 2.24) is 10.2 Å². The predicted molar refractivity (Wildman–Crippen MR) is 65.4 cm³/mol. The van der Waals surface area contributed by atoms with Crippen LogP contribution in [0.4, 0.5) is 5.82 Å². The van der Waals surface area contributed by atoms with Crippen LogP contribution in [0.2, 0.25) is 0 Å². The third kappa shape index (κ3) is 2.68. The molecule has 2 heterocycles. The van der Waals surface area contributed by atoms with Gasteiger partial charge in [0.2, 0.25) is 0 Å². The fourth-order valence-corrected chi connectivity index (χ4v) is 2.76. The molecule has 1 fully saturated rings. The molecular formula is C11H16BrN3. The average Bonchev–Trinajstić information content (AvgIpc) is 2.55. The smallest absolute Gasteiger partial charge is 0.151 e. The number of alkyl halides is 1. The molecule has 0 radical (unpaired) electrons. The molecule has 2 rings (SSSR count). The normalized spacial score (nSPS) is 22.5. The van der Waals surface area contributed by atoms with Crippen molar-refractivity contribution in [2.75, 3.05) is 16.8 Å². The van der Waals surface area contributed by atoms with Gasteiger partial charge in [-0.25, -0.2) is 0 Å². The Balaban J connectivity index is 2.16. The van der Waals surface area contributed by atoms with Crippen LogP contribution in [-0.2, 0) is 0 Å². The lowest BCUT2D eigenvalue weighted by molar-refractivity contribution is 0.618. The first-order valence-corrected chi connectivity index (χ1v) is 6.64.